The highest BCUT2D eigenvalue weighted by Gasteiger charge is 2.07. The summed E-state index contributed by atoms with van der Waals surface area (Å²) < 4.78 is 6.20. The first-order valence-electron chi connectivity index (χ1n) is 6.82. The molecule has 5 heteroatoms. The highest BCUT2D eigenvalue weighted by Crippen LogP contribution is 2.24. The van der Waals surface area contributed by atoms with Crippen molar-refractivity contribution in [2.24, 2.45) is 0 Å². The number of rotatable bonds is 5. The first-order chi connectivity index (χ1) is 10.6. The van der Waals surface area contributed by atoms with Gasteiger partial charge in [-0.2, -0.15) is 0 Å². The molecular weight excluding hydrogens is 344 g/mol. The number of amides is 1. The van der Waals surface area contributed by atoms with Crippen LogP contribution in [0.4, 0.5) is 0 Å². The van der Waals surface area contributed by atoms with E-state index in [1.807, 2.05) is 37.3 Å². The highest BCUT2D eigenvalue weighted by molar-refractivity contribution is 9.10. The molecule has 22 heavy (non-hydrogen) atoms. The van der Waals surface area contributed by atoms with E-state index in [-0.39, 0.29) is 11.9 Å². The maximum absolute atomic E-state index is 12.0. The van der Waals surface area contributed by atoms with Gasteiger partial charge in [-0.1, -0.05) is 22.0 Å². The Hall–Kier alpha value is -2.14. The second-order valence-electron chi connectivity index (χ2n) is 4.74. The largest absolute Gasteiger partial charge is 0.496 e. The molecule has 1 atom stereocenters. The van der Waals surface area contributed by atoms with E-state index < -0.39 is 0 Å². The van der Waals surface area contributed by atoms with Gasteiger partial charge >= 0.3 is 0 Å². The summed E-state index contributed by atoms with van der Waals surface area (Å²) in [6.45, 7) is 1.92. The van der Waals surface area contributed by atoms with Crippen LogP contribution < -0.4 is 10.1 Å². The predicted molar refractivity (Wildman–Crippen MR) is 90.5 cm³/mol. The van der Waals surface area contributed by atoms with E-state index in [0.717, 1.165) is 15.6 Å². The molecule has 1 aromatic carbocycles. The molecule has 1 aromatic heterocycles. The molecule has 1 amide bonds. The third-order valence-corrected chi connectivity index (χ3v) is 3.64. The molecule has 1 N–H and O–H groups in total. The molecule has 0 radical (unpaired) electrons. The lowest BCUT2D eigenvalue weighted by molar-refractivity contribution is -0.117. The molecule has 0 spiro atoms. The number of benzene rings is 1. The van der Waals surface area contributed by atoms with Crippen LogP contribution in [0.1, 0.15) is 24.1 Å². The highest BCUT2D eigenvalue weighted by atomic mass is 79.9. The topological polar surface area (TPSA) is 51.2 Å². The molecule has 1 unspecified atom stereocenters. The van der Waals surface area contributed by atoms with Crippen LogP contribution in [0.15, 0.2) is 53.3 Å². The lowest BCUT2D eigenvalue weighted by Gasteiger charge is -2.12. The Morgan fingerprint density at radius 2 is 2.23 bits per heavy atom. The molecule has 4 nitrogen and oxygen atoms in total. The van der Waals surface area contributed by atoms with Crippen molar-refractivity contribution in [2.45, 2.75) is 13.0 Å². The van der Waals surface area contributed by atoms with Gasteiger partial charge in [-0.3, -0.25) is 9.78 Å². The number of hydrogen-bond donors (Lipinski definition) is 1. The van der Waals surface area contributed by atoms with Gasteiger partial charge in [-0.05, 0) is 42.8 Å². The summed E-state index contributed by atoms with van der Waals surface area (Å²) in [4.78, 5) is 16.1. The number of hydrogen-bond acceptors (Lipinski definition) is 3. The first-order valence-corrected chi connectivity index (χ1v) is 7.61. The summed E-state index contributed by atoms with van der Waals surface area (Å²) in [5, 5.41) is 2.90. The van der Waals surface area contributed by atoms with Crippen molar-refractivity contribution in [1.82, 2.24) is 10.3 Å². The van der Waals surface area contributed by atoms with Crippen molar-refractivity contribution in [3.8, 4) is 5.75 Å². The van der Waals surface area contributed by atoms with Gasteiger partial charge in [0.15, 0.2) is 0 Å². The summed E-state index contributed by atoms with van der Waals surface area (Å²) in [5.41, 5.74) is 1.80. The van der Waals surface area contributed by atoms with E-state index in [1.165, 1.54) is 6.08 Å². The third kappa shape index (κ3) is 4.43. The standard InChI is InChI=1S/C17H17BrN2O2/c1-12(14-4-3-9-19-11-14)20-17(21)8-5-13-10-15(18)6-7-16(13)22-2/h3-12H,1-2H3,(H,20,21)/b8-5+. The van der Waals surface area contributed by atoms with Gasteiger partial charge in [-0.25, -0.2) is 0 Å². The summed E-state index contributed by atoms with van der Waals surface area (Å²) in [7, 11) is 1.60. The van der Waals surface area contributed by atoms with Gasteiger partial charge in [0.2, 0.25) is 5.91 Å². The monoisotopic (exact) mass is 360 g/mol. The number of halogens is 1. The molecule has 2 aromatic rings. The van der Waals surface area contributed by atoms with E-state index in [1.54, 1.807) is 25.6 Å². The zero-order valence-corrected chi connectivity index (χ0v) is 14.0. The molecule has 0 bridgehead atoms. The number of methoxy groups -OCH3 is 1. The molecule has 0 aliphatic carbocycles. The number of ether oxygens (including phenoxy) is 1. The van der Waals surface area contributed by atoms with E-state index in [9.17, 15) is 4.79 Å². The van der Waals surface area contributed by atoms with Crippen molar-refractivity contribution in [3.05, 3.63) is 64.4 Å². The van der Waals surface area contributed by atoms with Gasteiger partial charge in [0.1, 0.15) is 5.75 Å². The Kier molecular flexibility index (Phi) is 5.72. The maximum Gasteiger partial charge on any atom is 0.244 e. The minimum Gasteiger partial charge on any atom is -0.496 e. The van der Waals surface area contributed by atoms with Crippen molar-refractivity contribution in [3.63, 3.8) is 0 Å². The fourth-order valence-electron chi connectivity index (χ4n) is 1.98. The summed E-state index contributed by atoms with van der Waals surface area (Å²) in [6.07, 6.45) is 6.68. The van der Waals surface area contributed by atoms with E-state index >= 15 is 0 Å². The van der Waals surface area contributed by atoms with Gasteiger partial charge in [0, 0.05) is 28.5 Å². The van der Waals surface area contributed by atoms with Crippen molar-refractivity contribution in [2.75, 3.05) is 7.11 Å². The molecule has 0 aliphatic rings. The fraction of sp³-hybridized carbons (Fsp3) is 0.176. The fourth-order valence-corrected chi connectivity index (χ4v) is 2.36. The van der Waals surface area contributed by atoms with Crippen LogP contribution in [0.25, 0.3) is 6.08 Å². The average molecular weight is 361 g/mol. The SMILES string of the molecule is COc1ccc(Br)cc1/C=C/C(=O)NC(C)c1cccnc1. The second kappa shape index (κ2) is 7.75. The molecule has 0 aliphatic heterocycles. The van der Waals surface area contributed by atoms with Crippen LogP contribution in [-0.4, -0.2) is 18.0 Å². The van der Waals surface area contributed by atoms with Gasteiger partial charge < -0.3 is 10.1 Å². The summed E-state index contributed by atoms with van der Waals surface area (Å²) >= 11 is 3.41. The zero-order valence-electron chi connectivity index (χ0n) is 12.4. The number of carbonyl (C=O) groups excluding carboxylic acids is 1. The quantitative estimate of drug-likeness (QED) is 0.826. The van der Waals surface area contributed by atoms with E-state index in [4.69, 9.17) is 4.74 Å². The minimum atomic E-state index is -0.168. The molecule has 0 fully saturated rings. The Balaban J connectivity index is 2.04. The van der Waals surface area contributed by atoms with E-state index in [0.29, 0.717) is 5.75 Å². The number of nitrogens with zero attached hydrogens (tertiary/aromatic N) is 1. The Bertz CT molecular complexity index is 672. The third-order valence-electron chi connectivity index (χ3n) is 3.15. The molecule has 2 rings (SSSR count). The first kappa shape index (κ1) is 16.2. The lowest BCUT2D eigenvalue weighted by Crippen LogP contribution is -2.24. The molecule has 114 valence electrons. The normalized spacial score (nSPS) is 12.1. The van der Waals surface area contributed by atoms with Gasteiger partial charge in [0.05, 0.1) is 13.2 Å². The Labute approximate surface area is 138 Å². The summed E-state index contributed by atoms with van der Waals surface area (Å²) in [6, 6.07) is 9.31. The maximum atomic E-state index is 12.0. The number of aromatic nitrogens is 1. The summed E-state index contributed by atoms with van der Waals surface area (Å²) in [5.74, 6) is 0.547. The van der Waals surface area contributed by atoms with Gasteiger partial charge in [-0.15, -0.1) is 0 Å². The minimum absolute atomic E-state index is 0.102. The molecule has 0 saturated heterocycles. The number of pyridine rings is 1. The molecule has 1 heterocycles. The van der Waals surface area contributed by atoms with Crippen LogP contribution in [-0.2, 0) is 4.79 Å². The molecule has 0 saturated carbocycles. The van der Waals surface area contributed by atoms with Gasteiger partial charge in [0.25, 0.3) is 0 Å². The number of nitrogens with one attached hydrogen (secondary N) is 1. The van der Waals surface area contributed by atoms with Crippen LogP contribution in [0.3, 0.4) is 0 Å². The zero-order chi connectivity index (χ0) is 15.9. The van der Waals surface area contributed by atoms with Crippen LogP contribution in [0, 0.1) is 0 Å². The Morgan fingerprint density at radius 1 is 1.41 bits per heavy atom. The smallest absolute Gasteiger partial charge is 0.244 e. The van der Waals surface area contributed by atoms with Crippen LogP contribution in [0.2, 0.25) is 0 Å². The van der Waals surface area contributed by atoms with Crippen molar-refractivity contribution >= 4 is 27.9 Å². The van der Waals surface area contributed by atoms with Crippen molar-refractivity contribution < 1.29 is 9.53 Å². The molecular formula is C17H17BrN2O2. The lowest BCUT2D eigenvalue weighted by atomic mass is 10.1. The van der Waals surface area contributed by atoms with Crippen LogP contribution in [0.5, 0.6) is 5.75 Å². The van der Waals surface area contributed by atoms with E-state index in [2.05, 4.69) is 26.2 Å². The predicted octanol–water partition coefficient (Wildman–Crippen LogP) is 3.74. The van der Waals surface area contributed by atoms with Crippen molar-refractivity contribution in [1.29, 1.82) is 0 Å². The average Bonchev–Trinajstić information content (AvgIpc) is 2.54. The second-order valence-corrected chi connectivity index (χ2v) is 5.65. The number of carbonyl (C=O) groups is 1. The van der Waals surface area contributed by atoms with Crippen LogP contribution >= 0.6 is 15.9 Å². The Morgan fingerprint density at radius 3 is 2.91 bits per heavy atom.